The van der Waals surface area contributed by atoms with Gasteiger partial charge >= 0.3 is 0 Å². The molecule has 1 heterocycles. The van der Waals surface area contributed by atoms with Gasteiger partial charge in [0.25, 0.3) is 0 Å². The summed E-state index contributed by atoms with van der Waals surface area (Å²) in [6.45, 7) is 3.14. The standard InChI is InChI=1S/C14H21ClN2O/c1-16-13-4-3-7-17(10-13)9-11-8-12(15)5-6-14(11)18-2/h5-6,8,13,16H,3-4,7,9-10H2,1-2H3. The SMILES string of the molecule is CNC1CCCN(Cc2cc(Cl)ccc2OC)C1. The highest BCUT2D eigenvalue weighted by atomic mass is 35.5. The lowest BCUT2D eigenvalue weighted by atomic mass is 10.0. The van der Waals surface area contributed by atoms with Crippen molar-refractivity contribution < 1.29 is 4.74 Å². The van der Waals surface area contributed by atoms with Gasteiger partial charge in [-0.2, -0.15) is 0 Å². The topological polar surface area (TPSA) is 24.5 Å². The third-order valence-corrected chi connectivity index (χ3v) is 3.79. The lowest BCUT2D eigenvalue weighted by Crippen LogP contribution is -2.43. The van der Waals surface area contributed by atoms with Gasteiger partial charge in [-0.1, -0.05) is 11.6 Å². The number of hydrogen-bond acceptors (Lipinski definition) is 3. The van der Waals surface area contributed by atoms with Crippen molar-refractivity contribution in [1.82, 2.24) is 10.2 Å². The molecule has 0 aromatic heterocycles. The molecular formula is C14H21ClN2O. The number of rotatable bonds is 4. The normalized spacial score (nSPS) is 20.9. The van der Waals surface area contributed by atoms with Crippen LogP contribution in [0.3, 0.4) is 0 Å². The van der Waals surface area contributed by atoms with Gasteiger partial charge in [-0.25, -0.2) is 0 Å². The lowest BCUT2D eigenvalue weighted by Gasteiger charge is -2.32. The molecule has 0 radical (unpaired) electrons. The third-order valence-electron chi connectivity index (χ3n) is 3.55. The maximum atomic E-state index is 6.06. The molecule has 0 aliphatic carbocycles. The number of likely N-dealkylation sites (N-methyl/N-ethyl adjacent to an activating group) is 1. The van der Waals surface area contributed by atoms with Gasteiger partial charge in [0.15, 0.2) is 0 Å². The van der Waals surface area contributed by atoms with Crippen molar-refractivity contribution >= 4 is 11.6 Å². The van der Waals surface area contributed by atoms with E-state index in [0.29, 0.717) is 6.04 Å². The number of methoxy groups -OCH3 is 1. The summed E-state index contributed by atoms with van der Waals surface area (Å²) in [7, 11) is 3.74. The van der Waals surface area contributed by atoms with Crippen molar-refractivity contribution in [2.24, 2.45) is 0 Å². The van der Waals surface area contributed by atoms with E-state index in [-0.39, 0.29) is 0 Å². The molecule has 4 heteroatoms. The molecule has 2 rings (SSSR count). The molecule has 1 N–H and O–H groups in total. The van der Waals surface area contributed by atoms with Gasteiger partial charge in [0, 0.05) is 29.7 Å². The maximum Gasteiger partial charge on any atom is 0.123 e. The van der Waals surface area contributed by atoms with E-state index in [9.17, 15) is 0 Å². The van der Waals surface area contributed by atoms with Crippen LogP contribution in [-0.2, 0) is 6.54 Å². The summed E-state index contributed by atoms with van der Waals surface area (Å²) < 4.78 is 5.39. The molecule has 0 bridgehead atoms. The van der Waals surface area contributed by atoms with Gasteiger partial charge < -0.3 is 10.1 Å². The molecule has 0 amide bonds. The Morgan fingerprint density at radius 1 is 1.50 bits per heavy atom. The first kappa shape index (κ1) is 13.7. The molecule has 0 spiro atoms. The van der Waals surface area contributed by atoms with Crippen molar-refractivity contribution in [2.45, 2.75) is 25.4 Å². The van der Waals surface area contributed by atoms with Crippen LogP contribution in [0.25, 0.3) is 0 Å². The van der Waals surface area contributed by atoms with E-state index >= 15 is 0 Å². The van der Waals surface area contributed by atoms with Crippen molar-refractivity contribution in [1.29, 1.82) is 0 Å². The minimum absolute atomic E-state index is 0.601. The summed E-state index contributed by atoms with van der Waals surface area (Å²) >= 11 is 6.06. The summed E-state index contributed by atoms with van der Waals surface area (Å²) in [5, 5.41) is 4.13. The average molecular weight is 269 g/mol. The second-order valence-corrected chi connectivity index (χ2v) is 5.26. The Labute approximate surface area is 114 Å². The largest absolute Gasteiger partial charge is 0.496 e. The van der Waals surface area contributed by atoms with Crippen LogP contribution in [0.5, 0.6) is 5.75 Å². The molecule has 1 aliphatic heterocycles. The number of ether oxygens (including phenoxy) is 1. The highest BCUT2D eigenvalue weighted by Crippen LogP contribution is 2.25. The van der Waals surface area contributed by atoms with Gasteiger partial charge in [-0.3, -0.25) is 4.90 Å². The zero-order valence-corrected chi connectivity index (χ0v) is 11.8. The molecule has 18 heavy (non-hydrogen) atoms. The molecule has 1 aromatic carbocycles. The summed E-state index contributed by atoms with van der Waals surface area (Å²) in [6, 6.07) is 6.42. The Morgan fingerprint density at radius 3 is 3.06 bits per heavy atom. The minimum atomic E-state index is 0.601. The highest BCUT2D eigenvalue weighted by molar-refractivity contribution is 6.30. The van der Waals surface area contributed by atoms with Crippen LogP contribution in [-0.4, -0.2) is 38.2 Å². The Morgan fingerprint density at radius 2 is 2.33 bits per heavy atom. The predicted molar refractivity (Wildman–Crippen MR) is 75.4 cm³/mol. The summed E-state index contributed by atoms with van der Waals surface area (Å²) in [5.74, 6) is 0.922. The summed E-state index contributed by atoms with van der Waals surface area (Å²) in [6.07, 6.45) is 2.51. The van der Waals surface area contributed by atoms with Gasteiger partial charge in [-0.05, 0) is 44.6 Å². The first-order chi connectivity index (χ1) is 8.72. The van der Waals surface area contributed by atoms with Crippen LogP contribution in [0.4, 0.5) is 0 Å². The molecule has 100 valence electrons. The number of piperidine rings is 1. The Balaban J connectivity index is 2.06. The molecule has 0 saturated carbocycles. The van der Waals surface area contributed by atoms with E-state index in [1.165, 1.54) is 18.4 Å². The molecule has 1 aromatic rings. The fourth-order valence-electron chi connectivity index (χ4n) is 2.55. The monoisotopic (exact) mass is 268 g/mol. The summed E-state index contributed by atoms with van der Waals surface area (Å²) in [4.78, 5) is 2.46. The van der Waals surface area contributed by atoms with E-state index in [4.69, 9.17) is 16.3 Å². The number of likely N-dealkylation sites (tertiary alicyclic amines) is 1. The molecule has 3 nitrogen and oxygen atoms in total. The fourth-order valence-corrected chi connectivity index (χ4v) is 2.74. The van der Waals surface area contributed by atoms with Crippen molar-refractivity contribution in [3.05, 3.63) is 28.8 Å². The zero-order valence-electron chi connectivity index (χ0n) is 11.1. The van der Waals surface area contributed by atoms with Crippen LogP contribution < -0.4 is 10.1 Å². The van der Waals surface area contributed by atoms with E-state index in [1.54, 1.807) is 7.11 Å². The molecule has 1 fully saturated rings. The molecule has 1 atom stereocenters. The van der Waals surface area contributed by atoms with E-state index in [1.807, 2.05) is 25.2 Å². The number of benzene rings is 1. The number of nitrogens with one attached hydrogen (secondary N) is 1. The number of hydrogen-bond donors (Lipinski definition) is 1. The maximum absolute atomic E-state index is 6.06. The van der Waals surface area contributed by atoms with E-state index in [2.05, 4.69) is 10.2 Å². The molecule has 1 aliphatic rings. The lowest BCUT2D eigenvalue weighted by molar-refractivity contribution is 0.186. The summed E-state index contributed by atoms with van der Waals surface area (Å²) in [5.41, 5.74) is 1.17. The smallest absolute Gasteiger partial charge is 0.123 e. The van der Waals surface area contributed by atoms with Crippen LogP contribution in [0.2, 0.25) is 5.02 Å². The van der Waals surface area contributed by atoms with Crippen LogP contribution >= 0.6 is 11.6 Å². The number of nitrogens with zero attached hydrogens (tertiary/aromatic N) is 1. The Kier molecular flexibility index (Phi) is 4.87. The van der Waals surface area contributed by atoms with E-state index in [0.717, 1.165) is 30.4 Å². The quantitative estimate of drug-likeness (QED) is 0.908. The van der Waals surface area contributed by atoms with Crippen LogP contribution in [0.15, 0.2) is 18.2 Å². The molecule has 1 saturated heterocycles. The highest BCUT2D eigenvalue weighted by Gasteiger charge is 2.19. The van der Waals surface area contributed by atoms with Gasteiger partial charge in [0.05, 0.1) is 7.11 Å². The molecular weight excluding hydrogens is 248 g/mol. The van der Waals surface area contributed by atoms with E-state index < -0.39 is 0 Å². The third kappa shape index (κ3) is 3.37. The Bertz CT molecular complexity index is 397. The first-order valence-corrected chi connectivity index (χ1v) is 6.82. The van der Waals surface area contributed by atoms with Gasteiger partial charge in [0.1, 0.15) is 5.75 Å². The van der Waals surface area contributed by atoms with Crippen LogP contribution in [0, 0.1) is 0 Å². The van der Waals surface area contributed by atoms with Crippen molar-refractivity contribution in [2.75, 3.05) is 27.2 Å². The zero-order chi connectivity index (χ0) is 13.0. The Hall–Kier alpha value is -0.770. The number of halogens is 1. The fraction of sp³-hybridized carbons (Fsp3) is 0.571. The second-order valence-electron chi connectivity index (χ2n) is 4.82. The van der Waals surface area contributed by atoms with Crippen molar-refractivity contribution in [3.8, 4) is 5.75 Å². The first-order valence-electron chi connectivity index (χ1n) is 6.45. The van der Waals surface area contributed by atoms with Gasteiger partial charge in [-0.15, -0.1) is 0 Å². The van der Waals surface area contributed by atoms with Crippen LogP contribution in [0.1, 0.15) is 18.4 Å². The molecule has 1 unspecified atom stereocenters. The minimum Gasteiger partial charge on any atom is -0.496 e. The van der Waals surface area contributed by atoms with Crippen molar-refractivity contribution in [3.63, 3.8) is 0 Å². The average Bonchev–Trinajstić information content (AvgIpc) is 2.39. The van der Waals surface area contributed by atoms with Gasteiger partial charge in [0.2, 0.25) is 0 Å². The predicted octanol–water partition coefficient (Wildman–Crippen LogP) is 2.53. The second kappa shape index (κ2) is 6.41.